The van der Waals surface area contributed by atoms with E-state index in [9.17, 15) is 12.8 Å². The quantitative estimate of drug-likeness (QED) is 0.900. The summed E-state index contributed by atoms with van der Waals surface area (Å²) >= 11 is 0. The molecule has 2 rings (SSSR count). The fourth-order valence-corrected chi connectivity index (χ4v) is 4.14. The van der Waals surface area contributed by atoms with Gasteiger partial charge in [0.15, 0.2) is 0 Å². The number of hydrogen-bond donors (Lipinski definition) is 1. The average molecular weight is 302 g/mol. The zero-order chi connectivity index (χ0) is 14.8. The summed E-state index contributed by atoms with van der Waals surface area (Å²) in [6.07, 6.45) is 0. The summed E-state index contributed by atoms with van der Waals surface area (Å²) in [5.74, 6) is -0.552. The molecule has 1 aliphatic heterocycles. The Kier molecular flexibility index (Phi) is 4.74. The maximum absolute atomic E-state index is 13.5. The summed E-state index contributed by atoms with van der Waals surface area (Å²) < 4.78 is 45.5. The molecule has 0 spiro atoms. The molecule has 1 saturated heterocycles. The van der Waals surface area contributed by atoms with Crippen molar-refractivity contribution in [2.75, 3.05) is 26.8 Å². The molecule has 1 atom stereocenters. The van der Waals surface area contributed by atoms with Crippen molar-refractivity contribution in [2.24, 2.45) is 0 Å². The van der Waals surface area contributed by atoms with Crippen LogP contribution >= 0.6 is 0 Å². The third kappa shape index (κ3) is 3.01. The number of rotatable bonds is 4. The molecule has 0 bridgehead atoms. The van der Waals surface area contributed by atoms with Crippen molar-refractivity contribution in [3.05, 3.63) is 29.6 Å². The second kappa shape index (κ2) is 6.17. The van der Waals surface area contributed by atoms with E-state index in [2.05, 4.69) is 5.32 Å². The minimum atomic E-state index is -3.71. The second-order valence-corrected chi connectivity index (χ2v) is 6.68. The highest BCUT2D eigenvalue weighted by molar-refractivity contribution is 7.89. The predicted molar refractivity (Wildman–Crippen MR) is 73.3 cm³/mol. The molecule has 1 N–H and O–H groups in total. The first-order chi connectivity index (χ1) is 9.46. The van der Waals surface area contributed by atoms with Crippen molar-refractivity contribution in [2.45, 2.75) is 24.4 Å². The maximum Gasteiger partial charge on any atom is 0.243 e. The molecular weight excluding hydrogens is 283 g/mol. The van der Waals surface area contributed by atoms with Gasteiger partial charge in [-0.25, -0.2) is 12.8 Å². The zero-order valence-electron chi connectivity index (χ0n) is 11.6. The summed E-state index contributed by atoms with van der Waals surface area (Å²) in [4.78, 5) is 0.0283. The number of nitrogens with zero attached hydrogens (tertiary/aromatic N) is 1. The van der Waals surface area contributed by atoms with Crippen LogP contribution in [-0.2, 0) is 21.3 Å². The highest BCUT2D eigenvalue weighted by atomic mass is 32.2. The fourth-order valence-electron chi connectivity index (χ4n) is 2.30. The predicted octanol–water partition coefficient (Wildman–Crippen LogP) is 0.954. The number of morpholine rings is 1. The fraction of sp³-hybridized carbons (Fsp3) is 0.538. The molecule has 1 fully saturated rings. The van der Waals surface area contributed by atoms with Crippen LogP contribution in [0.1, 0.15) is 12.5 Å². The van der Waals surface area contributed by atoms with Gasteiger partial charge in [-0.05, 0) is 31.7 Å². The van der Waals surface area contributed by atoms with Gasteiger partial charge in [-0.1, -0.05) is 6.07 Å². The summed E-state index contributed by atoms with van der Waals surface area (Å²) in [7, 11) is -1.99. The van der Waals surface area contributed by atoms with Crippen LogP contribution in [0, 0.1) is 5.82 Å². The summed E-state index contributed by atoms with van der Waals surface area (Å²) in [6.45, 7) is 3.16. The van der Waals surface area contributed by atoms with Gasteiger partial charge in [0.2, 0.25) is 10.0 Å². The summed E-state index contributed by atoms with van der Waals surface area (Å²) in [5.41, 5.74) is 0.563. The van der Waals surface area contributed by atoms with Crippen molar-refractivity contribution in [3.8, 4) is 0 Å². The monoisotopic (exact) mass is 302 g/mol. The van der Waals surface area contributed by atoms with E-state index in [1.54, 1.807) is 14.0 Å². The maximum atomic E-state index is 13.5. The van der Waals surface area contributed by atoms with Gasteiger partial charge in [-0.3, -0.25) is 0 Å². The molecule has 1 unspecified atom stereocenters. The summed E-state index contributed by atoms with van der Waals surface area (Å²) in [6, 6.07) is 3.61. The van der Waals surface area contributed by atoms with Crippen molar-refractivity contribution in [1.82, 2.24) is 9.62 Å². The van der Waals surface area contributed by atoms with Crippen molar-refractivity contribution in [1.29, 1.82) is 0 Å². The largest absolute Gasteiger partial charge is 0.378 e. The van der Waals surface area contributed by atoms with E-state index in [1.165, 1.54) is 16.4 Å². The van der Waals surface area contributed by atoms with Crippen molar-refractivity contribution < 1.29 is 17.5 Å². The van der Waals surface area contributed by atoms with Crippen molar-refractivity contribution >= 4 is 10.0 Å². The van der Waals surface area contributed by atoms with Gasteiger partial charge in [-0.15, -0.1) is 0 Å². The molecule has 0 saturated carbocycles. The Labute approximate surface area is 118 Å². The van der Waals surface area contributed by atoms with E-state index in [0.29, 0.717) is 31.9 Å². The van der Waals surface area contributed by atoms with Gasteiger partial charge in [0.05, 0.1) is 18.1 Å². The average Bonchev–Trinajstić information content (AvgIpc) is 2.41. The van der Waals surface area contributed by atoms with Gasteiger partial charge in [0.25, 0.3) is 0 Å². The lowest BCUT2D eigenvalue weighted by Gasteiger charge is -2.32. The normalized spacial score (nSPS) is 21.1. The number of benzene rings is 1. The molecule has 0 amide bonds. The topological polar surface area (TPSA) is 58.6 Å². The minimum Gasteiger partial charge on any atom is -0.378 e. The number of nitrogens with one attached hydrogen (secondary N) is 1. The van der Waals surface area contributed by atoms with Crippen LogP contribution in [0.2, 0.25) is 0 Å². The highest BCUT2D eigenvalue weighted by Crippen LogP contribution is 2.24. The van der Waals surface area contributed by atoms with Crippen LogP contribution in [0.15, 0.2) is 23.1 Å². The lowest BCUT2D eigenvalue weighted by Crippen LogP contribution is -2.47. The van der Waals surface area contributed by atoms with Crippen LogP contribution in [0.25, 0.3) is 0 Å². The Balaban J connectivity index is 2.44. The minimum absolute atomic E-state index is 0.0283. The van der Waals surface area contributed by atoms with Crippen molar-refractivity contribution in [3.63, 3.8) is 0 Å². The molecule has 0 aliphatic carbocycles. The summed E-state index contributed by atoms with van der Waals surface area (Å²) in [5, 5.41) is 2.90. The third-order valence-electron chi connectivity index (χ3n) is 3.29. The lowest BCUT2D eigenvalue weighted by molar-refractivity contribution is 0.0392. The number of halogens is 1. The highest BCUT2D eigenvalue weighted by Gasteiger charge is 2.33. The van der Waals surface area contributed by atoms with Crippen LogP contribution < -0.4 is 5.32 Å². The molecule has 0 aromatic heterocycles. The molecule has 7 heteroatoms. The molecule has 0 radical (unpaired) electrons. The molecule has 1 heterocycles. The van der Waals surface area contributed by atoms with Gasteiger partial charge in [0, 0.05) is 19.1 Å². The molecule has 1 aromatic carbocycles. The molecule has 5 nitrogen and oxygen atoms in total. The Morgan fingerprint density at radius 1 is 1.50 bits per heavy atom. The first kappa shape index (κ1) is 15.4. The standard InChI is InChI=1S/C13H19FN2O3S/c1-10-9-19-6-5-16(10)20(17,18)13-7-12(14)4-3-11(13)8-15-2/h3-4,7,10,15H,5-6,8-9H2,1-2H3. The van der Waals surface area contributed by atoms with E-state index in [1.807, 2.05) is 0 Å². The van der Waals surface area contributed by atoms with Gasteiger partial charge in [-0.2, -0.15) is 4.31 Å². The van der Waals surface area contributed by atoms with E-state index < -0.39 is 15.8 Å². The Hall–Kier alpha value is -1.02. The van der Waals surface area contributed by atoms with E-state index >= 15 is 0 Å². The number of hydrogen-bond acceptors (Lipinski definition) is 4. The SMILES string of the molecule is CNCc1ccc(F)cc1S(=O)(=O)N1CCOCC1C. The third-order valence-corrected chi connectivity index (χ3v) is 5.39. The first-order valence-electron chi connectivity index (χ1n) is 6.49. The van der Waals surface area contributed by atoms with E-state index in [4.69, 9.17) is 4.74 Å². The van der Waals surface area contributed by atoms with Crippen LogP contribution in [0.4, 0.5) is 4.39 Å². The Morgan fingerprint density at radius 3 is 2.90 bits per heavy atom. The van der Waals surface area contributed by atoms with Crippen LogP contribution in [0.5, 0.6) is 0 Å². The van der Waals surface area contributed by atoms with Crippen LogP contribution in [-0.4, -0.2) is 45.6 Å². The zero-order valence-corrected chi connectivity index (χ0v) is 12.4. The Morgan fingerprint density at radius 2 is 2.25 bits per heavy atom. The van der Waals surface area contributed by atoms with Gasteiger partial charge in [0.1, 0.15) is 5.82 Å². The van der Waals surface area contributed by atoms with Gasteiger partial charge < -0.3 is 10.1 Å². The number of ether oxygens (including phenoxy) is 1. The van der Waals surface area contributed by atoms with Gasteiger partial charge >= 0.3 is 0 Å². The first-order valence-corrected chi connectivity index (χ1v) is 7.93. The second-order valence-electron chi connectivity index (χ2n) is 4.82. The molecule has 1 aliphatic rings. The van der Waals surface area contributed by atoms with E-state index in [0.717, 1.165) is 6.07 Å². The lowest BCUT2D eigenvalue weighted by atomic mass is 10.2. The smallest absolute Gasteiger partial charge is 0.243 e. The molecule has 20 heavy (non-hydrogen) atoms. The molecule has 112 valence electrons. The molecule has 1 aromatic rings. The van der Waals surface area contributed by atoms with E-state index in [-0.39, 0.29) is 10.9 Å². The number of sulfonamides is 1. The molecular formula is C13H19FN2O3S. The van der Waals surface area contributed by atoms with Crippen LogP contribution in [0.3, 0.4) is 0 Å². The Bertz CT molecular complexity index is 577.